The Labute approximate surface area is 306 Å². The van der Waals surface area contributed by atoms with Gasteiger partial charge in [0, 0.05) is 72.2 Å². The highest BCUT2D eigenvalue weighted by atomic mass is 35.5. The van der Waals surface area contributed by atoms with Crippen LogP contribution in [0.5, 0.6) is 11.8 Å². The van der Waals surface area contributed by atoms with Crippen LogP contribution in [0.2, 0.25) is 10.0 Å². The number of fused-ring (bicyclic) bond motifs is 1. The van der Waals surface area contributed by atoms with Crippen LogP contribution in [-0.2, 0) is 17.9 Å². The van der Waals surface area contributed by atoms with Gasteiger partial charge >= 0.3 is 0 Å². The lowest BCUT2D eigenvalue weighted by Gasteiger charge is -2.33. The number of hydrogen-bond donors (Lipinski definition) is 3. The average Bonchev–Trinajstić information content (AvgIpc) is 3.54. The molecule has 1 saturated carbocycles. The zero-order chi connectivity index (χ0) is 35.6. The summed E-state index contributed by atoms with van der Waals surface area (Å²) in [5.74, 6) is 1.61. The molecular formula is C39H40Cl2N6O4. The summed E-state index contributed by atoms with van der Waals surface area (Å²) in [4.78, 5) is 34.6. The predicted molar refractivity (Wildman–Crippen MR) is 201 cm³/mol. The number of methoxy groups -OCH3 is 2. The van der Waals surface area contributed by atoms with Crippen molar-refractivity contribution in [1.82, 2.24) is 30.3 Å². The number of pyridine rings is 2. The van der Waals surface area contributed by atoms with Crippen LogP contribution in [0.25, 0.3) is 39.2 Å². The minimum absolute atomic E-state index is 0.0956. The van der Waals surface area contributed by atoms with Crippen molar-refractivity contribution in [1.29, 1.82) is 0 Å². The number of benzene rings is 2. The van der Waals surface area contributed by atoms with Gasteiger partial charge in [-0.25, -0.2) is 4.98 Å². The predicted octanol–water partition coefficient (Wildman–Crippen LogP) is 6.67. The highest BCUT2D eigenvalue weighted by Gasteiger charge is 2.26. The molecule has 1 atom stereocenters. The van der Waals surface area contributed by atoms with Crippen LogP contribution in [0.15, 0.2) is 71.7 Å². The molecule has 3 N–H and O–H groups in total. The van der Waals surface area contributed by atoms with Gasteiger partial charge in [0.15, 0.2) is 0 Å². The molecule has 1 saturated heterocycles. The number of nitrogens with zero attached hydrogens (tertiary/aromatic N) is 3. The maximum atomic E-state index is 13.5. The topological polar surface area (TPSA) is 119 Å². The van der Waals surface area contributed by atoms with Crippen LogP contribution < -0.4 is 31.0 Å². The van der Waals surface area contributed by atoms with E-state index in [0.717, 1.165) is 52.6 Å². The van der Waals surface area contributed by atoms with Crippen molar-refractivity contribution in [2.24, 2.45) is 5.92 Å². The van der Waals surface area contributed by atoms with Gasteiger partial charge in [-0.15, -0.1) is 0 Å². The van der Waals surface area contributed by atoms with Gasteiger partial charge < -0.3 is 25.4 Å². The molecule has 2 aliphatic rings. The second-order valence-corrected chi connectivity index (χ2v) is 14.1. The maximum Gasteiger partial charge on any atom is 0.266 e. The summed E-state index contributed by atoms with van der Waals surface area (Å²) < 4.78 is 12.8. The molecule has 0 bridgehead atoms. The molecular weight excluding hydrogens is 687 g/mol. The van der Waals surface area contributed by atoms with E-state index in [0.29, 0.717) is 76.7 Å². The second-order valence-electron chi connectivity index (χ2n) is 13.3. The maximum absolute atomic E-state index is 13.5. The molecule has 0 unspecified atom stereocenters. The van der Waals surface area contributed by atoms with Crippen LogP contribution in [0.4, 0.5) is 0 Å². The normalized spacial score (nSPS) is 18.5. The zero-order valence-corrected chi connectivity index (χ0v) is 30.3. The van der Waals surface area contributed by atoms with Crippen molar-refractivity contribution in [2.75, 3.05) is 20.8 Å². The molecule has 1 aliphatic heterocycles. The quantitative estimate of drug-likeness (QED) is 0.131. The Hall–Kier alpha value is -4.48. The largest absolute Gasteiger partial charge is 0.481 e. The third-order valence-electron chi connectivity index (χ3n) is 9.82. The molecule has 0 spiro atoms. The van der Waals surface area contributed by atoms with E-state index in [1.807, 2.05) is 60.7 Å². The summed E-state index contributed by atoms with van der Waals surface area (Å²) in [6.45, 7) is 3.85. The van der Waals surface area contributed by atoms with Crippen molar-refractivity contribution < 1.29 is 14.3 Å². The summed E-state index contributed by atoms with van der Waals surface area (Å²) in [6, 6.07) is 19.7. The Balaban J connectivity index is 1.15. The third kappa shape index (κ3) is 7.19. The van der Waals surface area contributed by atoms with Gasteiger partial charge in [0.2, 0.25) is 17.7 Å². The van der Waals surface area contributed by atoms with Gasteiger partial charge in [-0.1, -0.05) is 72.6 Å². The molecule has 264 valence electrons. The van der Waals surface area contributed by atoms with Crippen LogP contribution in [-0.4, -0.2) is 53.1 Å². The first-order valence-electron chi connectivity index (χ1n) is 17.2. The number of nitrogens with one attached hydrogen (secondary N) is 3. The van der Waals surface area contributed by atoms with Gasteiger partial charge in [0.25, 0.3) is 5.56 Å². The van der Waals surface area contributed by atoms with Crippen molar-refractivity contribution in [3.63, 3.8) is 0 Å². The number of carbonyl (C=O) groups is 1. The summed E-state index contributed by atoms with van der Waals surface area (Å²) in [5, 5.41) is 10.9. The summed E-state index contributed by atoms with van der Waals surface area (Å²) in [7, 11) is 3.13. The fraction of sp³-hybridized carbons (Fsp3) is 0.333. The lowest BCUT2D eigenvalue weighted by Crippen LogP contribution is -2.40. The summed E-state index contributed by atoms with van der Waals surface area (Å²) in [6.07, 6.45) is 5.33. The number of amides is 1. The molecule has 2 aromatic carbocycles. The number of carbonyl (C=O) groups excluding carboxylic acids is 1. The molecule has 5 aromatic rings. The van der Waals surface area contributed by atoms with Crippen molar-refractivity contribution in [2.45, 2.75) is 57.8 Å². The summed E-state index contributed by atoms with van der Waals surface area (Å²) in [5.41, 5.74) is 6.16. The van der Waals surface area contributed by atoms with Crippen LogP contribution in [0.1, 0.15) is 43.7 Å². The average molecular weight is 728 g/mol. The third-order valence-corrected chi connectivity index (χ3v) is 10.6. The Morgan fingerprint density at radius 1 is 0.882 bits per heavy atom. The second kappa shape index (κ2) is 15.0. The first-order valence-corrected chi connectivity index (χ1v) is 17.9. The lowest BCUT2D eigenvalue weighted by molar-refractivity contribution is -0.119. The van der Waals surface area contributed by atoms with Crippen LogP contribution >= 0.6 is 23.2 Å². The molecule has 51 heavy (non-hydrogen) atoms. The van der Waals surface area contributed by atoms with E-state index in [2.05, 4.69) is 22.9 Å². The van der Waals surface area contributed by atoms with E-state index in [-0.39, 0.29) is 17.5 Å². The highest BCUT2D eigenvalue weighted by molar-refractivity contribution is 6.39. The van der Waals surface area contributed by atoms with Gasteiger partial charge in [0.1, 0.15) is 5.65 Å². The van der Waals surface area contributed by atoms with E-state index in [1.54, 1.807) is 17.7 Å². The van der Waals surface area contributed by atoms with Gasteiger partial charge in [-0.3, -0.25) is 14.0 Å². The molecule has 0 radical (unpaired) electrons. The molecule has 2 fully saturated rings. The number of ether oxygens (including phenoxy) is 2. The van der Waals surface area contributed by atoms with Crippen molar-refractivity contribution >= 4 is 34.8 Å². The van der Waals surface area contributed by atoms with Gasteiger partial charge in [0.05, 0.1) is 35.5 Å². The first-order chi connectivity index (χ1) is 24.7. The first kappa shape index (κ1) is 34.9. The SMILES string of the molecule is COc1nc(-c2cccc(-c3cccc(-c4ccn5c(=O)c(CN[C@H]6C[C@@H](C)C6)c(OC)nc5c4)c3Cl)c2Cl)ccc1CNC[C@@H]1CCC(=O)N1. The molecule has 3 aromatic heterocycles. The fourth-order valence-corrected chi connectivity index (χ4v) is 7.66. The summed E-state index contributed by atoms with van der Waals surface area (Å²) >= 11 is 14.2. The Bertz CT molecular complexity index is 2170. The molecule has 1 aliphatic carbocycles. The minimum Gasteiger partial charge on any atom is -0.481 e. The number of aromatic nitrogens is 3. The molecule has 12 heteroatoms. The fourth-order valence-electron chi connectivity index (χ4n) is 7.00. The van der Waals surface area contributed by atoms with E-state index in [4.69, 9.17) is 42.6 Å². The van der Waals surface area contributed by atoms with Crippen molar-refractivity contribution in [3.05, 3.63) is 98.4 Å². The number of halogens is 2. The van der Waals surface area contributed by atoms with E-state index < -0.39 is 0 Å². The van der Waals surface area contributed by atoms with Crippen LogP contribution in [0.3, 0.4) is 0 Å². The lowest BCUT2D eigenvalue weighted by atomic mass is 9.82. The van der Waals surface area contributed by atoms with Gasteiger partial charge in [-0.05, 0) is 48.9 Å². The standard InChI is InChI=1S/C39H40Cl2N6O4/c1-22-16-26(17-22)43-21-31-38(51-3)46-33-18-23(14-15-47(33)39(31)49)27-6-4-7-28(35(27)40)29-8-5-9-30(36(29)41)32-12-10-24(37(45-32)50-2)19-42-20-25-11-13-34(48)44-25/h4-10,12,14-15,18,22,25-26,42-43H,11,13,16-17,19-21H2,1-3H3,(H,44,48)/t22-,25-,26+/m0/s1. The van der Waals surface area contributed by atoms with E-state index in [1.165, 1.54) is 7.11 Å². The highest BCUT2D eigenvalue weighted by Crippen LogP contribution is 2.42. The van der Waals surface area contributed by atoms with Crippen molar-refractivity contribution in [3.8, 4) is 45.3 Å². The molecule has 4 heterocycles. The molecule has 7 rings (SSSR count). The molecule has 10 nitrogen and oxygen atoms in total. The molecule has 1 amide bonds. The smallest absolute Gasteiger partial charge is 0.266 e. The Morgan fingerprint density at radius 3 is 2.27 bits per heavy atom. The van der Waals surface area contributed by atoms with E-state index >= 15 is 0 Å². The minimum atomic E-state index is -0.166. The van der Waals surface area contributed by atoms with E-state index in [9.17, 15) is 9.59 Å². The van der Waals surface area contributed by atoms with Crippen LogP contribution in [0, 0.1) is 5.92 Å². The number of rotatable bonds is 12. The monoisotopic (exact) mass is 726 g/mol. The Morgan fingerprint density at radius 2 is 1.59 bits per heavy atom. The van der Waals surface area contributed by atoms with Gasteiger partial charge in [-0.2, -0.15) is 4.98 Å². The Kier molecular flexibility index (Phi) is 10.3. The zero-order valence-electron chi connectivity index (χ0n) is 28.8. The number of hydrogen-bond acceptors (Lipinski definition) is 8.